The molecule has 0 amide bonds. The molecule has 1 aromatic rings. The first-order chi connectivity index (χ1) is 8.66. The third-order valence-electron chi connectivity index (χ3n) is 2.45. The van der Waals surface area contributed by atoms with Gasteiger partial charge in [0.2, 0.25) is 0 Å². The topological polar surface area (TPSA) is 107 Å². The molecule has 106 valence electrons. The molecule has 8 heteroatoms. The first-order valence-electron chi connectivity index (χ1n) is 5.21. The molecule has 1 aromatic carbocycles. The van der Waals surface area contributed by atoms with Gasteiger partial charge in [0.1, 0.15) is 10.9 Å². The Kier molecular flexibility index (Phi) is 4.78. The number of hydrogen-bond donors (Lipinski definition) is 2. The van der Waals surface area contributed by atoms with Gasteiger partial charge in [0.05, 0.1) is 12.1 Å². The van der Waals surface area contributed by atoms with Crippen molar-refractivity contribution < 1.29 is 23.1 Å². The van der Waals surface area contributed by atoms with Crippen LogP contribution in [0.25, 0.3) is 0 Å². The summed E-state index contributed by atoms with van der Waals surface area (Å²) >= 11 is 5.93. The van der Waals surface area contributed by atoms with Gasteiger partial charge in [-0.15, -0.1) is 0 Å². The van der Waals surface area contributed by atoms with Crippen LogP contribution in [0.3, 0.4) is 0 Å². The lowest BCUT2D eigenvalue weighted by Gasteiger charge is -2.13. The summed E-state index contributed by atoms with van der Waals surface area (Å²) in [4.78, 5) is 10.6. The molecule has 0 bridgehead atoms. The summed E-state index contributed by atoms with van der Waals surface area (Å²) < 4.78 is 28.3. The SMILES string of the molecule is COc1c(Cl)cc(CC(N)C(=O)O)cc1S(C)(=O)=O. The standard InChI is InChI=1S/C11H14ClNO5S/c1-18-10-7(12)3-6(4-8(13)11(14)15)5-9(10)19(2,16)17/h3,5,8H,4,13H2,1-2H3,(H,14,15). The van der Waals surface area contributed by atoms with Gasteiger partial charge in [0.25, 0.3) is 0 Å². The highest BCUT2D eigenvalue weighted by molar-refractivity contribution is 7.90. The van der Waals surface area contributed by atoms with E-state index in [4.69, 9.17) is 27.2 Å². The molecule has 1 unspecified atom stereocenters. The smallest absolute Gasteiger partial charge is 0.320 e. The average Bonchev–Trinajstić information content (AvgIpc) is 2.26. The van der Waals surface area contributed by atoms with Crippen molar-refractivity contribution in [3.05, 3.63) is 22.7 Å². The van der Waals surface area contributed by atoms with E-state index in [2.05, 4.69) is 0 Å². The quantitative estimate of drug-likeness (QED) is 0.829. The van der Waals surface area contributed by atoms with E-state index in [0.717, 1.165) is 6.26 Å². The predicted octanol–water partition coefficient (Wildman–Crippen LogP) is 0.706. The van der Waals surface area contributed by atoms with Gasteiger partial charge in [-0.25, -0.2) is 8.42 Å². The van der Waals surface area contributed by atoms with E-state index in [1.165, 1.54) is 19.2 Å². The fourth-order valence-corrected chi connectivity index (χ4v) is 2.82. The van der Waals surface area contributed by atoms with Crippen molar-refractivity contribution >= 4 is 27.4 Å². The Hall–Kier alpha value is -1.31. The number of nitrogens with two attached hydrogens (primary N) is 1. The van der Waals surface area contributed by atoms with Crippen molar-refractivity contribution in [3.8, 4) is 5.75 Å². The van der Waals surface area contributed by atoms with E-state index in [1.807, 2.05) is 0 Å². The zero-order valence-electron chi connectivity index (χ0n) is 10.4. The number of aliphatic carboxylic acids is 1. The molecule has 0 heterocycles. The second-order valence-electron chi connectivity index (χ2n) is 4.03. The molecule has 0 saturated heterocycles. The molecule has 19 heavy (non-hydrogen) atoms. The maximum Gasteiger partial charge on any atom is 0.320 e. The minimum absolute atomic E-state index is 0.0262. The van der Waals surface area contributed by atoms with Crippen molar-refractivity contribution in [2.45, 2.75) is 17.4 Å². The van der Waals surface area contributed by atoms with Crippen molar-refractivity contribution in [2.75, 3.05) is 13.4 Å². The van der Waals surface area contributed by atoms with E-state index in [-0.39, 0.29) is 22.1 Å². The predicted molar refractivity (Wildman–Crippen MR) is 70.4 cm³/mol. The van der Waals surface area contributed by atoms with E-state index in [9.17, 15) is 13.2 Å². The zero-order chi connectivity index (χ0) is 14.8. The Balaban J connectivity index is 3.32. The lowest BCUT2D eigenvalue weighted by Crippen LogP contribution is -2.32. The molecule has 1 atom stereocenters. The maximum atomic E-state index is 11.7. The molecule has 1 rings (SSSR count). The van der Waals surface area contributed by atoms with Gasteiger partial charge in [0.15, 0.2) is 15.6 Å². The van der Waals surface area contributed by atoms with E-state index in [0.29, 0.717) is 5.56 Å². The molecule has 0 aromatic heterocycles. The Labute approximate surface area is 116 Å². The van der Waals surface area contributed by atoms with Crippen LogP contribution in [0, 0.1) is 0 Å². The van der Waals surface area contributed by atoms with Crippen molar-refractivity contribution in [1.82, 2.24) is 0 Å². The molecule has 0 fully saturated rings. The summed E-state index contributed by atoms with van der Waals surface area (Å²) in [5.41, 5.74) is 5.82. The summed E-state index contributed by atoms with van der Waals surface area (Å²) in [6.45, 7) is 0. The molecular weight excluding hydrogens is 294 g/mol. The van der Waals surface area contributed by atoms with Crippen LogP contribution in [0.1, 0.15) is 5.56 Å². The van der Waals surface area contributed by atoms with Crippen LogP contribution in [0.2, 0.25) is 5.02 Å². The molecular formula is C11H14ClNO5S. The number of benzene rings is 1. The fraction of sp³-hybridized carbons (Fsp3) is 0.364. The summed E-state index contributed by atoms with van der Waals surface area (Å²) in [5.74, 6) is -1.13. The lowest BCUT2D eigenvalue weighted by molar-refractivity contribution is -0.138. The number of sulfone groups is 1. The van der Waals surface area contributed by atoms with Gasteiger partial charge in [0, 0.05) is 6.26 Å². The third-order valence-corrected chi connectivity index (χ3v) is 3.83. The third kappa shape index (κ3) is 3.82. The van der Waals surface area contributed by atoms with Gasteiger partial charge >= 0.3 is 5.97 Å². The average molecular weight is 308 g/mol. The largest absolute Gasteiger partial charge is 0.494 e. The maximum absolute atomic E-state index is 11.7. The number of rotatable bonds is 5. The van der Waals surface area contributed by atoms with Crippen LogP contribution < -0.4 is 10.5 Å². The minimum atomic E-state index is -3.54. The lowest BCUT2D eigenvalue weighted by atomic mass is 10.1. The van der Waals surface area contributed by atoms with Crippen molar-refractivity contribution in [3.63, 3.8) is 0 Å². The first kappa shape index (κ1) is 15.7. The summed E-state index contributed by atoms with van der Waals surface area (Å²) in [6.07, 6.45) is 0.990. The normalized spacial score (nSPS) is 13.1. The van der Waals surface area contributed by atoms with Crippen LogP contribution in [-0.4, -0.2) is 38.9 Å². The number of carboxylic acids is 1. The van der Waals surface area contributed by atoms with Crippen molar-refractivity contribution in [1.29, 1.82) is 0 Å². The molecule has 3 N–H and O–H groups in total. The summed E-state index contributed by atoms with van der Waals surface area (Å²) in [7, 11) is -2.24. The minimum Gasteiger partial charge on any atom is -0.494 e. The highest BCUT2D eigenvalue weighted by Crippen LogP contribution is 2.33. The second-order valence-corrected chi connectivity index (χ2v) is 6.42. The fourth-order valence-electron chi connectivity index (χ4n) is 1.55. The Morgan fingerprint density at radius 3 is 2.53 bits per heavy atom. The summed E-state index contributed by atoms with van der Waals surface area (Å²) in [5, 5.41) is 8.84. The van der Waals surface area contributed by atoms with Gasteiger partial charge in [-0.05, 0) is 24.1 Å². The highest BCUT2D eigenvalue weighted by atomic mass is 35.5. The van der Waals surface area contributed by atoms with Gasteiger partial charge in [-0.1, -0.05) is 11.6 Å². The van der Waals surface area contributed by atoms with E-state index >= 15 is 0 Å². The van der Waals surface area contributed by atoms with E-state index in [1.54, 1.807) is 0 Å². The monoisotopic (exact) mass is 307 g/mol. The molecule has 0 aliphatic heterocycles. The van der Waals surface area contributed by atoms with Crippen molar-refractivity contribution in [2.24, 2.45) is 5.73 Å². The Bertz CT molecular complexity index is 599. The highest BCUT2D eigenvalue weighted by Gasteiger charge is 2.20. The van der Waals surface area contributed by atoms with Gasteiger partial charge in [-0.2, -0.15) is 0 Å². The molecule has 6 nitrogen and oxygen atoms in total. The summed E-state index contributed by atoms with van der Waals surface area (Å²) in [6, 6.07) is 1.64. The molecule has 0 spiro atoms. The number of carboxylic acid groups (broad SMARTS) is 1. The Morgan fingerprint density at radius 1 is 1.53 bits per heavy atom. The number of halogens is 1. The number of methoxy groups -OCH3 is 1. The molecule has 0 saturated carbocycles. The second kappa shape index (κ2) is 5.77. The van der Waals surface area contributed by atoms with Crippen LogP contribution in [-0.2, 0) is 21.1 Å². The number of hydrogen-bond acceptors (Lipinski definition) is 5. The zero-order valence-corrected chi connectivity index (χ0v) is 12.0. The van der Waals surface area contributed by atoms with Gasteiger partial charge in [-0.3, -0.25) is 4.79 Å². The van der Waals surface area contributed by atoms with Crippen LogP contribution in [0.4, 0.5) is 0 Å². The van der Waals surface area contributed by atoms with Crippen LogP contribution in [0.5, 0.6) is 5.75 Å². The Morgan fingerprint density at radius 2 is 2.11 bits per heavy atom. The first-order valence-corrected chi connectivity index (χ1v) is 7.48. The number of carbonyl (C=O) groups is 1. The number of ether oxygens (including phenoxy) is 1. The molecule has 0 aliphatic rings. The molecule has 0 aliphatic carbocycles. The van der Waals surface area contributed by atoms with Gasteiger partial charge < -0.3 is 15.6 Å². The molecule has 0 radical (unpaired) electrons. The van der Waals surface area contributed by atoms with Crippen LogP contribution in [0.15, 0.2) is 17.0 Å². The van der Waals surface area contributed by atoms with Crippen LogP contribution >= 0.6 is 11.6 Å². The van der Waals surface area contributed by atoms with E-state index < -0.39 is 21.8 Å².